The highest BCUT2D eigenvalue weighted by molar-refractivity contribution is 6.42. The lowest BCUT2D eigenvalue weighted by Crippen LogP contribution is -2.13. The number of nitriles is 1. The Morgan fingerprint density at radius 1 is 0.969 bits per heavy atom. The molecule has 0 unspecified atom stereocenters. The van der Waals surface area contributed by atoms with Gasteiger partial charge in [0.25, 0.3) is 5.91 Å². The smallest absolute Gasteiger partial charge is 0.266 e. The third kappa shape index (κ3) is 6.15. The molecule has 0 aromatic heterocycles. The molecule has 1 amide bonds. The van der Waals surface area contributed by atoms with Crippen molar-refractivity contribution in [1.82, 2.24) is 0 Å². The first kappa shape index (κ1) is 23.9. The summed E-state index contributed by atoms with van der Waals surface area (Å²) in [5.41, 5.74) is 1.36. The van der Waals surface area contributed by atoms with E-state index in [1.807, 2.05) is 6.07 Å². The van der Waals surface area contributed by atoms with Crippen LogP contribution in [0.15, 0.2) is 60.2 Å². The standard InChI is InChI=1S/C23H13Cl4FN2O2/c24-18-6-5-17(10-19(18)25)30-23(31)15(11-29)7-14-8-20(26)22(21(27)9-14)32-12-13-1-3-16(28)4-2-13/h1-10H,12H2,(H,30,31)/b15-7+. The molecule has 0 radical (unpaired) electrons. The number of carbonyl (C=O) groups is 1. The van der Waals surface area contributed by atoms with E-state index in [0.29, 0.717) is 16.3 Å². The van der Waals surface area contributed by atoms with E-state index in [4.69, 9.17) is 51.1 Å². The van der Waals surface area contributed by atoms with Crippen molar-refractivity contribution in [2.24, 2.45) is 0 Å². The molecule has 0 bridgehead atoms. The second-order valence-corrected chi connectivity index (χ2v) is 8.11. The lowest BCUT2D eigenvalue weighted by Gasteiger charge is -2.11. The number of hydrogen-bond donors (Lipinski definition) is 1. The second-order valence-electron chi connectivity index (χ2n) is 6.48. The summed E-state index contributed by atoms with van der Waals surface area (Å²) in [6.45, 7) is 0.129. The van der Waals surface area contributed by atoms with E-state index in [2.05, 4.69) is 5.32 Å². The van der Waals surface area contributed by atoms with Crippen LogP contribution in [-0.4, -0.2) is 5.91 Å². The van der Waals surface area contributed by atoms with E-state index in [1.54, 1.807) is 18.2 Å². The molecule has 0 saturated carbocycles. The number of benzene rings is 3. The number of anilines is 1. The fourth-order valence-electron chi connectivity index (χ4n) is 2.62. The molecular weight excluding hydrogens is 497 g/mol. The molecule has 1 N–H and O–H groups in total. The summed E-state index contributed by atoms with van der Waals surface area (Å²) in [7, 11) is 0. The molecule has 0 aliphatic heterocycles. The van der Waals surface area contributed by atoms with Crippen molar-refractivity contribution in [1.29, 1.82) is 5.26 Å². The van der Waals surface area contributed by atoms with Gasteiger partial charge in [-0.2, -0.15) is 5.26 Å². The lowest BCUT2D eigenvalue weighted by atomic mass is 10.1. The monoisotopic (exact) mass is 508 g/mol. The van der Waals surface area contributed by atoms with Crippen LogP contribution >= 0.6 is 46.4 Å². The van der Waals surface area contributed by atoms with Gasteiger partial charge in [-0.1, -0.05) is 58.5 Å². The molecule has 162 valence electrons. The fraction of sp³-hybridized carbons (Fsp3) is 0.0435. The Labute approximate surface area is 203 Å². The van der Waals surface area contributed by atoms with Gasteiger partial charge in [0.15, 0.2) is 5.75 Å². The largest absolute Gasteiger partial charge is 0.486 e. The quantitative estimate of drug-likeness (QED) is 0.275. The van der Waals surface area contributed by atoms with Crippen molar-refractivity contribution in [3.8, 4) is 11.8 Å². The number of amides is 1. The summed E-state index contributed by atoms with van der Waals surface area (Å²) in [4.78, 5) is 12.5. The average Bonchev–Trinajstić information content (AvgIpc) is 2.75. The van der Waals surface area contributed by atoms with Gasteiger partial charge in [-0.15, -0.1) is 0 Å². The molecule has 0 heterocycles. The van der Waals surface area contributed by atoms with E-state index >= 15 is 0 Å². The molecule has 0 aliphatic rings. The van der Waals surface area contributed by atoms with Gasteiger partial charge in [0.1, 0.15) is 24.1 Å². The van der Waals surface area contributed by atoms with E-state index in [9.17, 15) is 14.4 Å². The first-order chi connectivity index (χ1) is 15.3. The maximum absolute atomic E-state index is 13.0. The molecule has 0 fully saturated rings. The Balaban J connectivity index is 1.77. The van der Waals surface area contributed by atoms with Crippen LogP contribution in [0.2, 0.25) is 20.1 Å². The molecule has 9 heteroatoms. The van der Waals surface area contributed by atoms with Crippen molar-refractivity contribution in [3.63, 3.8) is 0 Å². The highest BCUT2D eigenvalue weighted by Crippen LogP contribution is 2.35. The zero-order chi connectivity index (χ0) is 23.3. The minimum atomic E-state index is -0.644. The Kier molecular flexibility index (Phi) is 8.00. The first-order valence-electron chi connectivity index (χ1n) is 9.01. The third-order valence-electron chi connectivity index (χ3n) is 4.17. The third-order valence-corrected chi connectivity index (χ3v) is 5.47. The van der Waals surface area contributed by atoms with Crippen LogP contribution in [0.1, 0.15) is 11.1 Å². The highest BCUT2D eigenvalue weighted by atomic mass is 35.5. The van der Waals surface area contributed by atoms with Gasteiger partial charge in [-0.05, 0) is 59.7 Å². The zero-order valence-corrected chi connectivity index (χ0v) is 19.2. The molecule has 3 aromatic carbocycles. The lowest BCUT2D eigenvalue weighted by molar-refractivity contribution is -0.112. The number of ether oxygens (including phenoxy) is 1. The SMILES string of the molecule is N#C/C(=C\c1cc(Cl)c(OCc2ccc(F)cc2)c(Cl)c1)C(=O)Nc1ccc(Cl)c(Cl)c1. The summed E-state index contributed by atoms with van der Waals surface area (Å²) in [5.74, 6) is -0.763. The van der Waals surface area contributed by atoms with E-state index in [-0.39, 0.29) is 38.8 Å². The molecule has 4 nitrogen and oxygen atoms in total. The number of carbonyl (C=O) groups excluding carboxylic acids is 1. The van der Waals surface area contributed by atoms with Crippen molar-refractivity contribution in [2.75, 3.05) is 5.32 Å². The van der Waals surface area contributed by atoms with Crippen LogP contribution in [0.3, 0.4) is 0 Å². The predicted molar refractivity (Wildman–Crippen MR) is 126 cm³/mol. The molecular formula is C23H13Cl4FN2O2. The predicted octanol–water partition coefficient (Wildman–Crippen LogP) is 7.56. The number of hydrogen-bond acceptors (Lipinski definition) is 3. The zero-order valence-electron chi connectivity index (χ0n) is 16.1. The maximum atomic E-state index is 13.0. The van der Waals surface area contributed by atoms with Crippen molar-refractivity contribution < 1.29 is 13.9 Å². The average molecular weight is 510 g/mol. The normalized spacial score (nSPS) is 11.1. The number of rotatable bonds is 6. The van der Waals surface area contributed by atoms with Crippen LogP contribution in [0.5, 0.6) is 5.75 Å². The number of halogens is 5. The Bertz CT molecular complexity index is 1210. The highest BCUT2D eigenvalue weighted by Gasteiger charge is 2.14. The summed E-state index contributed by atoms with van der Waals surface area (Å²) < 4.78 is 18.7. The molecule has 0 atom stereocenters. The van der Waals surface area contributed by atoms with Crippen molar-refractivity contribution >= 4 is 64.1 Å². The van der Waals surface area contributed by atoms with E-state index in [0.717, 1.165) is 5.56 Å². The van der Waals surface area contributed by atoms with Gasteiger partial charge < -0.3 is 10.1 Å². The second kappa shape index (κ2) is 10.7. The number of nitrogens with zero attached hydrogens (tertiary/aromatic N) is 1. The van der Waals surface area contributed by atoms with Gasteiger partial charge in [0.05, 0.1) is 20.1 Å². The van der Waals surface area contributed by atoms with Gasteiger partial charge in [0.2, 0.25) is 0 Å². The van der Waals surface area contributed by atoms with Crippen LogP contribution in [0.25, 0.3) is 6.08 Å². The fourth-order valence-corrected chi connectivity index (χ4v) is 3.54. The molecule has 32 heavy (non-hydrogen) atoms. The number of nitrogens with one attached hydrogen (secondary N) is 1. The minimum absolute atomic E-state index is 0.129. The van der Waals surface area contributed by atoms with E-state index < -0.39 is 5.91 Å². The summed E-state index contributed by atoms with van der Waals surface area (Å²) in [6.07, 6.45) is 1.34. The topological polar surface area (TPSA) is 62.1 Å². The van der Waals surface area contributed by atoms with Crippen LogP contribution < -0.4 is 10.1 Å². The van der Waals surface area contributed by atoms with E-state index in [1.165, 1.54) is 42.5 Å². The molecule has 0 aliphatic carbocycles. The van der Waals surface area contributed by atoms with Crippen molar-refractivity contribution in [3.05, 3.63) is 97.2 Å². The Morgan fingerprint density at radius 3 is 2.22 bits per heavy atom. The Morgan fingerprint density at radius 2 is 1.62 bits per heavy atom. The molecule has 0 spiro atoms. The van der Waals surface area contributed by atoms with Crippen molar-refractivity contribution in [2.45, 2.75) is 6.61 Å². The van der Waals surface area contributed by atoms with Gasteiger partial charge in [-0.25, -0.2) is 4.39 Å². The summed E-state index contributed by atoms with van der Waals surface area (Å²) in [5, 5.41) is 13.0. The minimum Gasteiger partial charge on any atom is -0.486 e. The van der Waals surface area contributed by atoms with Gasteiger partial charge in [-0.3, -0.25) is 4.79 Å². The Hall–Kier alpha value is -2.75. The molecule has 3 aromatic rings. The van der Waals surface area contributed by atoms with Gasteiger partial charge in [0, 0.05) is 5.69 Å². The van der Waals surface area contributed by atoms with Crippen LogP contribution in [0.4, 0.5) is 10.1 Å². The molecule has 3 rings (SSSR count). The van der Waals surface area contributed by atoms with Crippen LogP contribution in [0, 0.1) is 17.1 Å². The maximum Gasteiger partial charge on any atom is 0.266 e. The first-order valence-corrected chi connectivity index (χ1v) is 10.5. The summed E-state index contributed by atoms with van der Waals surface area (Å²) in [6, 6.07) is 15.2. The molecule has 0 saturated heterocycles. The van der Waals surface area contributed by atoms with Gasteiger partial charge >= 0.3 is 0 Å². The van der Waals surface area contributed by atoms with Crippen LogP contribution in [-0.2, 0) is 11.4 Å². The summed E-state index contributed by atoms with van der Waals surface area (Å²) >= 11 is 24.4.